The molecule has 2 rings (SSSR count). The third-order valence-corrected chi connectivity index (χ3v) is 2.44. The molecular formula is C11H14N2O. The monoisotopic (exact) mass is 190 g/mol. The number of benzene rings is 1. The first-order valence-electron chi connectivity index (χ1n) is 4.93. The summed E-state index contributed by atoms with van der Waals surface area (Å²) >= 11 is 0. The van der Waals surface area contributed by atoms with Gasteiger partial charge in [-0.15, -0.1) is 0 Å². The van der Waals surface area contributed by atoms with Gasteiger partial charge in [0.25, 0.3) is 0 Å². The SMILES string of the molecule is CCNC(=O)[C@@H]1Cc2ccccc2N1. The van der Waals surface area contributed by atoms with Crippen molar-refractivity contribution in [2.45, 2.75) is 19.4 Å². The van der Waals surface area contributed by atoms with Crippen LogP contribution in [0.25, 0.3) is 0 Å². The van der Waals surface area contributed by atoms with E-state index in [4.69, 9.17) is 0 Å². The molecule has 1 atom stereocenters. The van der Waals surface area contributed by atoms with Crippen molar-refractivity contribution in [3.63, 3.8) is 0 Å². The summed E-state index contributed by atoms with van der Waals surface area (Å²) in [4.78, 5) is 11.5. The maximum Gasteiger partial charge on any atom is 0.242 e. The maximum absolute atomic E-state index is 11.5. The van der Waals surface area contributed by atoms with E-state index in [0.29, 0.717) is 6.54 Å². The number of amides is 1. The van der Waals surface area contributed by atoms with Gasteiger partial charge in [-0.3, -0.25) is 4.79 Å². The van der Waals surface area contributed by atoms with Gasteiger partial charge in [0, 0.05) is 18.7 Å². The van der Waals surface area contributed by atoms with Crippen molar-refractivity contribution in [2.75, 3.05) is 11.9 Å². The lowest BCUT2D eigenvalue weighted by Crippen LogP contribution is -2.38. The van der Waals surface area contributed by atoms with Gasteiger partial charge in [0.15, 0.2) is 0 Å². The average molecular weight is 190 g/mol. The Hall–Kier alpha value is -1.51. The van der Waals surface area contributed by atoms with E-state index in [1.54, 1.807) is 0 Å². The largest absolute Gasteiger partial charge is 0.373 e. The first kappa shape index (κ1) is 9.06. The van der Waals surface area contributed by atoms with Gasteiger partial charge in [-0.25, -0.2) is 0 Å². The molecular weight excluding hydrogens is 176 g/mol. The van der Waals surface area contributed by atoms with Crippen LogP contribution < -0.4 is 10.6 Å². The van der Waals surface area contributed by atoms with E-state index >= 15 is 0 Å². The topological polar surface area (TPSA) is 41.1 Å². The number of hydrogen-bond acceptors (Lipinski definition) is 2. The van der Waals surface area contributed by atoms with Crippen molar-refractivity contribution >= 4 is 11.6 Å². The molecule has 0 unspecified atom stereocenters. The zero-order chi connectivity index (χ0) is 9.97. The summed E-state index contributed by atoms with van der Waals surface area (Å²) in [5.41, 5.74) is 2.31. The molecule has 3 nitrogen and oxygen atoms in total. The number of para-hydroxylation sites is 1. The Labute approximate surface area is 83.5 Å². The number of anilines is 1. The van der Waals surface area contributed by atoms with E-state index in [9.17, 15) is 4.79 Å². The fourth-order valence-corrected chi connectivity index (χ4v) is 1.75. The highest BCUT2D eigenvalue weighted by atomic mass is 16.2. The molecule has 1 amide bonds. The first-order chi connectivity index (χ1) is 6.81. The van der Waals surface area contributed by atoms with Gasteiger partial charge in [0.1, 0.15) is 6.04 Å². The summed E-state index contributed by atoms with van der Waals surface area (Å²) in [5.74, 6) is 0.0868. The van der Waals surface area contributed by atoms with Crippen molar-refractivity contribution in [2.24, 2.45) is 0 Å². The molecule has 14 heavy (non-hydrogen) atoms. The van der Waals surface area contributed by atoms with Crippen LogP contribution in [0.15, 0.2) is 24.3 Å². The molecule has 1 aromatic carbocycles. The second-order valence-corrected chi connectivity index (χ2v) is 3.45. The number of carbonyl (C=O) groups is 1. The molecule has 0 saturated heterocycles. The zero-order valence-corrected chi connectivity index (χ0v) is 8.21. The van der Waals surface area contributed by atoms with Crippen LogP contribution in [0.4, 0.5) is 5.69 Å². The second kappa shape index (κ2) is 3.70. The molecule has 3 heteroatoms. The zero-order valence-electron chi connectivity index (χ0n) is 8.21. The molecule has 0 saturated carbocycles. The van der Waals surface area contributed by atoms with Crippen LogP contribution in [-0.4, -0.2) is 18.5 Å². The van der Waals surface area contributed by atoms with Gasteiger partial charge in [-0.1, -0.05) is 18.2 Å². The van der Waals surface area contributed by atoms with Crippen LogP contribution in [0, 0.1) is 0 Å². The van der Waals surface area contributed by atoms with Crippen molar-refractivity contribution in [3.05, 3.63) is 29.8 Å². The minimum Gasteiger partial charge on any atom is -0.373 e. The first-order valence-corrected chi connectivity index (χ1v) is 4.93. The number of likely N-dealkylation sites (N-methyl/N-ethyl adjacent to an activating group) is 1. The Morgan fingerprint density at radius 1 is 1.57 bits per heavy atom. The average Bonchev–Trinajstić information content (AvgIpc) is 2.61. The lowest BCUT2D eigenvalue weighted by molar-refractivity contribution is -0.121. The summed E-state index contributed by atoms with van der Waals surface area (Å²) in [6, 6.07) is 7.95. The Balaban J connectivity index is 2.08. The molecule has 1 heterocycles. The molecule has 0 aliphatic carbocycles. The minimum atomic E-state index is -0.0904. The fraction of sp³-hybridized carbons (Fsp3) is 0.364. The number of rotatable bonds is 2. The molecule has 74 valence electrons. The smallest absolute Gasteiger partial charge is 0.242 e. The van der Waals surface area contributed by atoms with E-state index in [2.05, 4.69) is 16.7 Å². The van der Waals surface area contributed by atoms with Crippen molar-refractivity contribution in [1.82, 2.24) is 5.32 Å². The Kier molecular flexibility index (Phi) is 2.39. The number of carbonyl (C=O) groups excluding carboxylic acids is 1. The van der Waals surface area contributed by atoms with Gasteiger partial charge < -0.3 is 10.6 Å². The normalized spacial score (nSPS) is 18.5. The van der Waals surface area contributed by atoms with Crippen molar-refractivity contribution in [1.29, 1.82) is 0 Å². The molecule has 0 fully saturated rings. The standard InChI is InChI=1S/C11H14N2O/c1-2-12-11(14)10-7-8-5-3-4-6-9(8)13-10/h3-6,10,13H,2,7H2,1H3,(H,12,14)/t10-/m0/s1. The van der Waals surface area contributed by atoms with Crippen molar-refractivity contribution in [3.8, 4) is 0 Å². The fourth-order valence-electron chi connectivity index (χ4n) is 1.75. The predicted octanol–water partition coefficient (Wildman–Crippen LogP) is 1.16. The Morgan fingerprint density at radius 3 is 3.07 bits per heavy atom. The quantitative estimate of drug-likeness (QED) is 0.734. The summed E-state index contributed by atoms with van der Waals surface area (Å²) in [6.45, 7) is 2.62. The summed E-state index contributed by atoms with van der Waals surface area (Å²) < 4.78 is 0. The maximum atomic E-state index is 11.5. The summed E-state index contributed by atoms with van der Waals surface area (Å²) in [6.07, 6.45) is 0.794. The third-order valence-electron chi connectivity index (χ3n) is 2.44. The van der Waals surface area contributed by atoms with Crippen LogP contribution >= 0.6 is 0 Å². The van der Waals surface area contributed by atoms with Crippen LogP contribution in [0.1, 0.15) is 12.5 Å². The van der Waals surface area contributed by atoms with Gasteiger partial charge in [0.2, 0.25) is 5.91 Å². The highest BCUT2D eigenvalue weighted by Crippen LogP contribution is 2.24. The van der Waals surface area contributed by atoms with E-state index in [-0.39, 0.29) is 11.9 Å². The molecule has 1 aromatic rings. The number of hydrogen-bond donors (Lipinski definition) is 2. The van der Waals surface area contributed by atoms with Crippen LogP contribution in [0.2, 0.25) is 0 Å². The van der Waals surface area contributed by atoms with Gasteiger partial charge >= 0.3 is 0 Å². The highest BCUT2D eigenvalue weighted by molar-refractivity contribution is 5.87. The van der Waals surface area contributed by atoms with Crippen molar-refractivity contribution < 1.29 is 4.79 Å². The minimum absolute atomic E-state index is 0.0868. The number of nitrogens with one attached hydrogen (secondary N) is 2. The van der Waals surface area contributed by atoms with Crippen LogP contribution in [-0.2, 0) is 11.2 Å². The molecule has 2 N–H and O–H groups in total. The molecule has 0 bridgehead atoms. The summed E-state index contributed by atoms with van der Waals surface area (Å²) in [7, 11) is 0. The lowest BCUT2D eigenvalue weighted by Gasteiger charge is -2.09. The predicted molar refractivity (Wildman–Crippen MR) is 56.2 cm³/mol. The van der Waals surface area contributed by atoms with E-state index in [1.807, 2.05) is 25.1 Å². The molecule has 0 spiro atoms. The highest BCUT2D eigenvalue weighted by Gasteiger charge is 2.25. The van der Waals surface area contributed by atoms with Gasteiger partial charge in [-0.2, -0.15) is 0 Å². The molecule has 0 radical (unpaired) electrons. The molecule has 1 aliphatic heterocycles. The van der Waals surface area contributed by atoms with Gasteiger partial charge in [0.05, 0.1) is 0 Å². The van der Waals surface area contributed by atoms with Crippen LogP contribution in [0.5, 0.6) is 0 Å². The second-order valence-electron chi connectivity index (χ2n) is 3.45. The number of fused-ring (bicyclic) bond motifs is 1. The van der Waals surface area contributed by atoms with Gasteiger partial charge in [-0.05, 0) is 18.6 Å². The third kappa shape index (κ3) is 1.58. The van der Waals surface area contributed by atoms with Crippen LogP contribution in [0.3, 0.4) is 0 Å². The van der Waals surface area contributed by atoms with E-state index in [1.165, 1.54) is 5.56 Å². The van der Waals surface area contributed by atoms with E-state index in [0.717, 1.165) is 12.1 Å². The Bertz CT molecular complexity index is 324. The van der Waals surface area contributed by atoms with E-state index < -0.39 is 0 Å². The summed E-state index contributed by atoms with van der Waals surface area (Å²) in [5, 5.41) is 6.03. The lowest BCUT2D eigenvalue weighted by atomic mass is 10.1. The Morgan fingerprint density at radius 2 is 2.36 bits per heavy atom. The molecule has 0 aromatic heterocycles. The molecule has 1 aliphatic rings.